The number of hydrogen-bond donors (Lipinski definition) is 1. The van der Waals surface area contributed by atoms with Crippen molar-refractivity contribution in [3.8, 4) is 11.5 Å². The highest BCUT2D eigenvalue weighted by Gasteiger charge is 2.36. The number of hydrogen-bond acceptors (Lipinski definition) is 6. The normalized spacial score (nSPS) is 15.7. The number of nitrogens with one attached hydrogen (secondary N) is 1. The first kappa shape index (κ1) is 24.1. The van der Waals surface area contributed by atoms with Crippen molar-refractivity contribution in [3.05, 3.63) is 60.2 Å². The lowest BCUT2D eigenvalue weighted by Crippen LogP contribution is -2.57. The Bertz CT molecular complexity index is 947. The van der Waals surface area contributed by atoms with Crippen molar-refractivity contribution in [1.82, 2.24) is 10.2 Å². The molecule has 1 unspecified atom stereocenters. The molecule has 0 bridgehead atoms. The zero-order valence-electron chi connectivity index (χ0n) is 19.0. The third-order valence-corrected chi connectivity index (χ3v) is 5.00. The quantitative estimate of drug-likeness (QED) is 0.438. The van der Waals surface area contributed by atoms with Gasteiger partial charge in [0.25, 0.3) is 5.91 Å². The van der Waals surface area contributed by atoms with Crippen LogP contribution < -0.4 is 14.8 Å². The molecule has 1 fully saturated rings. The first-order valence-corrected chi connectivity index (χ1v) is 11.1. The Morgan fingerprint density at radius 1 is 1.03 bits per heavy atom. The Balaban J connectivity index is 1.60. The number of ether oxygens (including phenoxy) is 3. The van der Waals surface area contributed by atoms with E-state index < -0.39 is 12.0 Å². The highest BCUT2D eigenvalue weighted by Crippen LogP contribution is 2.23. The van der Waals surface area contributed by atoms with Gasteiger partial charge in [0.2, 0.25) is 5.91 Å². The highest BCUT2D eigenvalue weighted by atomic mass is 16.6. The summed E-state index contributed by atoms with van der Waals surface area (Å²) in [5.74, 6) is 0.122. The van der Waals surface area contributed by atoms with Crippen LogP contribution in [0.25, 0.3) is 0 Å². The van der Waals surface area contributed by atoms with Gasteiger partial charge in [-0.3, -0.25) is 14.4 Å². The van der Waals surface area contributed by atoms with Gasteiger partial charge in [0.15, 0.2) is 0 Å². The van der Waals surface area contributed by atoms with Crippen LogP contribution in [0.1, 0.15) is 30.6 Å². The molecule has 1 aliphatic rings. The topological polar surface area (TPSA) is 94.2 Å². The second-order valence-electron chi connectivity index (χ2n) is 8.09. The average Bonchev–Trinajstić information content (AvgIpc) is 2.82. The van der Waals surface area contributed by atoms with Gasteiger partial charge in [0, 0.05) is 13.1 Å². The number of rotatable bonds is 10. The maximum atomic E-state index is 13.3. The molecule has 2 aromatic rings. The molecule has 1 N–H and O–H groups in total. The Morgan fingerprint density at radius 2 is 1.76 bits per heavy atom. The molecule has 1 aliphatic heterocycles. The number of piperazine rings is 1. The van der Waals surface area contributed by atoms with E-state index in [1.807, 2.05) is 32.0 Å². The number of benzene rings is 2. The van der Waals surface area contributed by atoms with Crippen LogP contribution in [-0.2, 0) is 14.3 Å². The fourth-order valence-electron chi connectivity index (χ4n) is 3.39. The van der Waals surface area contributed by atoms with Crippen LogP contribution in [0.2, 0.25) is 0 Å². The number of nitrogens with zero attached hydrogens (tertiary/aromatic N) is 1. The zero-order valence-corrected chi connectivity index (χ0v) is 19.0. The molecule has 0 saturated carbocycles. The first-order valence-electron chi connectivity index (χ1n) is 11.1. The standard InChI is InChI=1S/C25H30N2O6/c1-18(2)17-33-22-11-7-6-10-20(22)25(30)27-13-12-26-24(29)21(27)16-23(28)32-15-14-31-19-8-4-3-5-9-19/h3-11,18,21H,12-17H2,1-2H3,(H,26,29). The fraction of sp³-hybridized carbons (Fsp3) is 0.400. The third-order valence-electron chi connectivity index (χ3n) is 5.00. The van der Waals surface area contributed by atoms with E-state index in [-0.39, 0.29) is 38.0 Å². The Morgan fingerprint density at radius 3 is 2.52 bits per heavy atom. The molecular weight excluding hydrogens is 424 g/mol. The molecule has 0 spiro atoms. The predicted molar refractivity (Wildman–Crippen MR) is 122 cm³/mol. The largest absolute Gasteiger partial charge is 0.492 e. The molecule has 8 heteroatoms. The van der Waals surface area contributed by atoms with E-state index in [9.17, 15) is 14.4 Å². The molecule has 2 amide bonds. The number of esters is 1. The number of para-hydroxylation sites is 2. The summed E-state index contributed by atoms with van der Waals surface area (Å²) in [6, 6.07) is 15.2. The van der Waals surface area contributed by atoms with E-state index in [1.165, 1.54) is 4.90 Å². The van der Waals surface area contributed by atoms with E-state index >= 15 is 0 Å². The molecule has 1 atom stereocenters. The van der Waals surface area contributed by atoms with Crippen molar-refractivity contribution in [2.75, 3.05) is 32.9 Å². The summed E-state index contributed by atoms with van der Waals surface area (Å²) < 4.78 is 16.5. The van der Waals surface area contributed by atoms with Crippen molar-refractivity contribution < 1.29 is 28.6 Å². The summed E-state index contributed by atoms with van der Waals surface area (Å²) >= 11 is 0. The van der Waals surface area contributed by atoms with Crippen molar-refractivity contribution >= 4 is 17.8 Å². The summed E-state index contributed by atoms with van der Waals surface area (Å²) in [5, 5.41) is 2.72. The number of carbonyl (C=O) groups excluding carboxylic acids is 3. The van der Waals surface area contributed by atoms with Crippen molar-refractivity contribution in [3.63, 3.8) is 0 Å². The molecule has 33 heavy (non-hydrogen) atoms. The molecular formula is C25H30N2O6. The number of carbonyl (C=O) groups is 3. The SMILES string of the molecule is CC(C)COc1ccccc1C(=O)N1CCNC(=O)C1CC(=O)OCCOc1ccccc1. The lowest BCUT2D eigenvalue weighted by molar-refractivity contribution is -0.148. The van der Waals surface area contributed by atoms with E-state index in [4.69, 9.17) is 14.2 Å². The van der Waals surface area contributed by atoms with E-state index in [0.29, 0.717) is 36.1 Å². The van der Waals surface area contributed by atoms with Gasteiger partial charge in [-0.2, -0.15) is 0 Å². The Kier molecular flexibility index (Phi) is 8.69. The minimum Gasteiger partial charge on any atom is -0.492 e. The van der Waals surface area contributed by atoms with Gasteiger partial charge in [-0.1, -0.05) is 44.2 Å². The first-order chi connectivity index (χ1) is 16.0. The monoisotopic (exact) mass is 454 g/mol. The van der Waals surface area contributed by atoms with Gasteiger partial charge in [0.1, 0.15) is 30.8 Å². The minimum atomic E-state index is -0.952. The van der Waals surface area contributed by atoms with Crippen LogP contribution in [0.15, 0.2) is 54.6 Å². The summed E-state index contributed by atoms with van der Waals surface area (Å²) in [5.41, 5.74) is 0.363. The zero-order chi connectivity index (χ0) is 23.6. The van der Waals surface area contributed by atoms with Gasteiger partial charge < -0.3 is 24.4 Å². The van der Waals surface area contributed by atoms with Gasteiger partial charge in [-0.15, -0.1) is 0 Å². The second kappa shape index (κ2) is 11.9. The van der Waals surface area contributed by atoms with Gasteiger partial charge in [-0.25, -0.2) is 0 Å². The van der Waals surface area contributed by atoms with Crippen molar-refractivity contribution in [1.29, 1.82) is 0 Å². The van der Waals surface area contributed by atoms with Gasteiger partial charge in [-0.05, 0) is 30.2 Å². The van der Waals surface area contributed by atoms with Crippen LogP contribution >= 0.6 is 0 Å². The molecule has 3 rings (SSSR count). The van der Waals surface area contributed by atoms with Crippen LogP contribution in [0.5, 0.6) is 11.5 Å². The Hall–Kier alpha value is -3.55. The maximum absolute atomic E-state index is 13.3. The van der Waals surface area contributed by atoms with Gasteiger partial charge in [0.05, 0.1) is 18.6 Å². The van der Waals surface area contributed by atoms with E-state index in [2.05, 4.69) is 5.32 Å². The molecule has 8 nitrogen and oxygen atoms in total. The summed E-state index contributed by atoms with van der Waals surface area (Å²) in [4.78, 5) is 39.6. The fourth-order valence-corrected chi connectivity index (χ4v) is 3.39. The Labute approximate surface area is 193 Å². The minimum absolute atomic E-state index is 0.0435. The van der Waals surface area contributed by atoms with Crippen LogP contribution in [0.3, 0.4) is 0 Å². The lowest BCUT2D eigenvalue weighted by atomic mass is 10.1. The highest BCUT2D eigenvalue weighted by molar-refractivity contribution is 6.01. The summed E-state index contributed by atoms with van der Waals surface area (Å²) in [6.07, 6.45) is -0.238. The third kappa shape index (κ3) is 6.97. The summed E-state index contributed by atoms with van der Waals surface area (Å²) in [7, 11) is 0. The molecule has 1 saturated heterocycles. The lowest BCUT2D eigenvalue weighted by Gasteiger charge is -2.34. The van der Waals surface area contributed by atoms with E-state index in [0.717, 1.165) is 0 Å². The smallest absolute Gasteiger partial charge is 0.308 e. The number of amides is 2. The average molecular weight is 455 g/mol. The molecule has 1 heterocycles. The maximum Gasteiger partial charge on any atom is 0.308 e. The van der Waals surface area contributed by atoms with Crippen molar-refractivity contribution in [2.24, 2.45) is 5.92 Å². The van der Waals surface area contributed by atoms with E-state index in [1.54, 1.807) is 36.4 Å². The van der Waals surface area contributed by atoms with Crippen molar-refractivity contribution in [2.45, 2.75) is 26.3 Å². The van der Waals surface area contributed by atoms with Gasteiger partial charge >= 0.3 is 5.97 Å². The molecule has 0 aromatic heterocycles. The predicted octanol–water partition coefficient (Wildman–Crippen LogP) is 2.67. The summed E-state index contributed by atoms with van der Waals surface area (Å²) in [6.45, 7) is 5.34. The molecule has 0 aliphatic carbocycles. The molecule has 0 radical (unpaired) electrons. The van der Waals surface area contributed by atoms with Crippen LogP contribution in [0.4, 0.5) is 0 Å². The second-order valence-corrected chi connectivity index (χ2v) is 8.09. The van der Waals surface area contributed by atoms with Crippen LogP contribution in [0, 0.1) is 5.92 Å². The van der Waals surface area contributed by atoms with Crippen LogP contribution in [-0.4, -0.2) is 61.6 Å². The molecule has 176 valence electrons. The molecule has 2 aromatic carbocycles.